The minimum atomic E-state index is 0.221. The predicted molar refractivity (Wildman–Crippen MR) is 46.7 cm³/mol. The van der Waals surface area contributed by atoms with E-state index >= 15 is 0 Å². The zero-order valence-electron chi connectivity index (χ0n) is 6.76. The Bertz CT molecular complexity index is 112. The van der Waals surface area contributed by atoms with Crippen molar-refractivity contribution in [3.05, 3.63) is 0 Å². The molecule has 60 valence electrons. The first kappa shape index (κ1) is 8.41. The Morgan fingerprint density at radius 2 is 2.30 bits per heavy atom. The van der Waals surface area contributed by atoms with Gasteiger partial charge in [-0.1, -0.05) is 6.92 Å². The summed E-state index contributed by atoms with van der Waals surface area (Å²) in [5, 5.41) is 0. The Morgan fingerprint density at radius 3 is 2.70 bits per heavy atom. The lowest BCUT2D eigenvalue weighted by atomic mass is 9.88. The van der Waals surface area contributed by atoms with Crippen molar-refractivity contribution in [1.29, 1.82) is 0 Å². The summed E-state index contributed by atoms with van der Waals surface area (Å²) in [6.07, 6.45) is 5.27. The molecule has 1 saturated carbocycles. The summed E-state index contributed by atoms with van der Waals surface area (Å²) < 4.78 is 5.50. The molecule has 1 aliphatic carbocycles. The average molecular weight is 160 g/mol. The monoisotopic (exact) mass is 160 g/mol. The minimum absolute atomic E-state index is 0.221. The largest absolute Gasteiger partial charge is 0.381 e. The van der Waals surface area contributed by atoms with E-state index in [0.717, 1.165) is 6.42 Å². The normalized spacial score (nSPS) is 41.7. The van der Waals surface area contributed by atoms with Crippen LogP contribution in [-0.2, 0) is 4.74 Å². The summed E-state index contributed by atoms with van der Waals surface area (Å²) in [4.78, 5) is 0. The topological polar surface area (TPSA) is 9.23 Å². The molecule has 0 aromatic heterocycles. The highest BCUT2D eigenvalue weighted by Gasteiger charge is 2.28. The van der Waals surface area contributed by atoms with Gasteiger partial charge in [0, 0.05) is 11.9 Å². The lowest BCUT2D eigenvalue weighted by Gasteiger charge is -2.33. The van der Waals surface area contributed by atoms with E-state index in [0.29, 0.717) is 6.10 Å². The van der Waals surface area contributed by atoms with Gasteiger partial charge in [-0.15, -0.1) is 0 Å². The van der Waals surface area contributed by atoms with Gasteiger partial charge in [-0.3, -0.25) is 0 Å². The van der Waals surface area contributed by atoms with E-state index in [9.17, 15) is 0 Å². The molecular formula is C8H16OS. The number of hydrogen-bond donors (Lipinski definition) is 1. The van der Waals surface area contributed by atoms with Gasteiger partial charge in [-0.2, -0.15) is 12.6 Å². The van der Waals surface area contributed by atoms with Crippen LogP contribution in [0.1, 0.15) is 32.6 Å². The molecule has 10 heavy (non-hydrogen) atoms. The van der Waals surface area contributed by atoms with Crippen LogP contribution in [0.3, 0.4) is 0 Å². The maximum absolute atomic E-state index is 5.28. The molecule has 0 spiro atoms. The van der Waals surface area contributed by atoms with Crippen LogP contribution < -0.4 is 0 Å². The van der Waals surface area contributed by atoms with E-state index in [2.05, 4.69) is 19.6 Å². The third kappa shape index (κ3) is 2.17. The maximum atomic E-state index is 5.28. The molecule has 0 saturated heterocycles. The van der Waals surface area contributed by atoms with E-state index in [1.165, 1.54) is 19.3 Å². The Balaban J connectivity index is 2.40. The Labute approximate surface area is 68.6 Å². The number of rotatable bonds is 1. The molecule has 0 aromatic carbocycles. The summed E-state index contributed by atoms with van der Waals surface area (Å²) in [5.41, 5.74) is 0. The summed E-state index contributed by atoms with van der Waals surface area (Å²) in [7, 11) is 1.79. The molecule has 0 N–H and O–H groups in total. The van der Waals surface area contributed by atoms with E-state index in [4.69, 9.17) is 4.74 Å². The average Bonchev–Trinajstić information content (AvgIpc) is 1.86. The fourth-order valence-corrected chi connectivity index (χ4v) is 1.97. The molecule has 2 atom stereocenters. The van der Waals surface area contributed by atoms with Crippen LogP contribution in [0.25, 0.3) is 0 Å². The first-order chi connectivity index (χ1) is 4.64. The molecule has 0 amide bonds. The Hall–Kier alpha value is 0.310. The van der Waals surface area contributed by atoms with Crippen molar-refractivity contribution in [2.24, 2.45) is 0 Å². The smallest absolute Gasteiger partial charge is 0.0584 e. The van der Waals surface area contributed by atoms with E-state index < -0.39 is 0 Å². The second-order valence-corrected chi connectivity index (χ2v) is 4.53. The molecule has 0 aromatic rings. The molecule has 1 rings (SSSR count). The highest BCUT2D eigenvalue weighted by atomic mass is 32.1. The fourth-order valence-electron chi connectivity index (χ4n) is 1.61. The van der Waals surface area contributed by atoms with Gasteiger partial charge in [0.2, 0.25) is 0 Å². The third-order valence-electron chi connectivity index (χ3n) is 2.24. The van der Waals surface area contributed by atoms with Crippen LogP contribution in [-0.4, -0.2) is 18.0 Å². The van der Waals surface area contributed by atoms with Crippen molar-refractivity contribution >= 4 is 12.6 Å². The van der Waals surface area contributed by atoms with Gasteiger partial charge in [0.05, 0.1) is 6.10 Å². The molecule has 1 nitrogen and oxygen atoms in total. The molecular weight excluding hydrogens is 144 g/mol. The maximum Gasteiger partial charge on any atom is 0.0584 e. The first-order valence-electron chi connectivity index (χ1n) is 3.89. The summed E-state index contributed by atoms with van der Waals surface area (Å²) in [6.45, 7) is 2.20. The second kappa shape index (κ2) is 3.14. The van der Waals surface area contributed by atoms with Gasteiger partial charge in [0.15, 0.2) is 0 Å². The van der Waals surface area contributed by atoms with E-state index in [1.807, 2.05) is 0 Å². The van der Waals surface area contributed by atoms with Gasteiger partial charge >= 0.3 is 0 Å². The van der Waals surface area contributed by atoms with Crippen LogP contribution >= 0.6 is 12.6 Å². The number of thiol groups is 1. The molecule has 2 unspecified atom stereocenters. The Morgan fingerprint density at radius 1 is 1.60 bits per heavy atom. The van der Waals surface area contributed by atoms with Gasteiger partial charge in [-0.05, 0) is 25.7 Å². The standard InChI is InChI=1S/C8H16OS/c1-8(10)5-3-4-7(6-8)9-2/h7,10H,3-6H2,1-2H3. The van der Waals surface area contributed by atoms with Crippen LogP contribution in [0.15, 0.2) is 0 Å². The lowest BCUT2D eigenvalue weighted by Crippen LogP contribution is -2.30. The van der Waals surface area contributed by atoms with Crippen LogP contribution in [0.5, 0.6) is 0 Å². The van der Waals surface area contributed by atoms with Crippen molar-refractivity contribution in [3.63, 3.8) is 0 Å². The second-order valence-electron chi connectivity index (χ2n) is 3.45. The SMILES string of the molecule is COC1CCCC(C)(S)C1. The summed E-state index contributed by atoms with van der Waals surface area (Å²) >= 11 is 4.55. The molecule has 1 fully saturated rings. The summed E-state index contributed by atoms with van der Waals surface area (Å²) in [5.74, 6) is 0. The van der Waals surface area contributed by atoms with Crippen molar-refractivity contribution in [1.82, 2.24) is 0 Å². The molecule has 2 heteroatoms. The number of ether oxygens (including phenoxy) is 1. The zero-order valence-corrected chi connectivity index (χ0v) is 7.66. The highest BCUT2D eigenvalue weighted by molar-refractivity contribution is 7.81. The number of hydrogen-bond acceptors (Lipinski definition) is 2. The van der Waals surface area contributed by atoms with E-state index in [-0.39, 0.29) is 4.75 Å². The molecule has 0 heterocycles. The third-order valence-corrected chi connectivity index (χ3v) is 2.65. The zero-order chi connectivity index (χ0) is 7.61. The fraction of sp³-hybridized carbons (Fsp3) is 1.00. The minimum Gasteiger partial charge on any atom is -0.381 e. The molecule has 0 aliphatic heterocycles. The van der Waals surface area contributed by atoms with E-state index in [1.54, 1.807) is 7.11 Å². The van der Waals surface area contributed by atoms with Gasteiger partial charge in [-0.25, -0.2) is 0 Å². The first-order valence-corrected chi connectivity index (χ1v) is 4.34. The predicted octanol–water partition coefficient (Wildman–Crippen LogP) is 2.26. The van der Waals surface area contributed by atoms with Crippen molar-refractivity contribution in [3.8, 4) is 0 Å². The Kier molecular flexibility index (Phi) is 2.64. The van der Waals surface area contributed by atoms with Crippen LogP contribution in [0.4, 0.5) is 0 Å². The van der Waals surface area contributed by atoms with Crippen LogP contribution in [0, 0.1) is 0 Å². The number of methoxy groups -OCH3 is 1. The molecule has 1 aliphatic rings. The van der Waals surface area contributed by atoms with Crippen molar-refractivity contribution in [2.45, 2.75) is 43.5 Å². The quantitative estimate of drug-likeness (QED) is 0.579. The van der Waals surface area contributed by atoms with Crippen LogP contribution in [0.2, 0.25) is 0 Å². The lowest BCUT2D eigenvalue weighted by molar-refractivity contribution is 0.0614. The molecule has 0 radical (unpaired) electrons. The molecule has 0 bridgehead atoms. The van der Waals surface area contributed by atoms with Crippen molar-refractivity contribution < 1.29 is 4.74 Å². The van der Waals surface area contributed by atoms with Gasteiger partial charge < -0.3 is 4.74 Å². The van der Waals surface area contributed by atoms with Gasteiger partial charge in [0.1, 0.15) is 0 Å². The highest BCUT2D eigenvalue weighted by Crippen LogP contribution is 2.34. The van der Waals surface area contributed by atoms with Gasteiger partial charge in [0.25, 0.3) is 0 Å². The summed E-state index contributed by atoms with van der Waals surface area (Å²) in [6, 6.07) is 0. The van der Waals surface area contributed by atoms with Crippen molar-refractivity contribution in [2.75, 3.05) is 7.11 Å².